The highest BCUT2D eigenvalue weighted by molar-refractivity contribution is 5.95. The van der Waals surface area contributed by atoms with E-state index in [4.69, 9.17) is 10.8 Å². The van der Waals surface area contributed by atoms with Gasteiger partial charge in [-0.3, -0.25) is 19.2 Å². The van der Waals surface area contributed by atoms with E-state index in [1.807, 2.05) is 24.3 Å². The van der Waals surface area contributed by atoms with Gasteiger partial charge in [-0.25, -0.2) is 4.79 Å². The van der Waals surface area contributed by atoms with E-state index in [1.54, 1.807) is 20.0 Å². The number of carboxylic acid groups (broad SMARTS) is 2. The first-order valence-electron chi connectivity index (χ1n) is 12.1. The first-order chi connectivity index (χ1) is 17.4. The maximum Gasteiger partial charge on any atom is 0.326 e. The molecule has 3 amide bonds. The van der Waals surface area contributed by atoms with E-state index in [0.29, 0.717) is 12.0 Å². The Kier molecular flexibility index (Phi) is 10.6. The van der Waals surface area contributed by atoms with Gasteiger partial charge in [0.2, 0.25) is 17.7 Å². The van der Waals surface area contributed by atoms with Crippen LogP contribution < -0.4 is 21.7 Å². The lowest BCUT2D eigenvalue weighted by molar-refractivity contribution is -0.143. The van der Waals surface area contributed by atoms with Crippen LogP contribution in [-0.4, -0.2) is 69.0 Å². The molecule has 2 aromatic rings. The summed E-state index contributed by atoms with van der Waals surface area (Å²) in [5.74, 6) is -4.92. The van der Waals surface area contributed by atoms with E-state index in [0.717, 1.165) is 10.9 Å². The van der Waals surface area contributed by atoms with Crippen molar-refractivity contribution in [1.82, 2.24) is 20.9 Å². The Morgan fingerprint density at radius 3 is 2.16 bits per heavy atom. The predicted molar refractivity (Wildman–Crippen MR) is 135 cm³/mol. The standard InChI is InChI=1S/C25H35N5O7/c1-4-13(2)21(25(36)37)30-24(35)19(11-15-12-27-17-8-6-5-7-16(15)17)29-23(34)18(9-10-20(31)32)28-22(33)14(3)26/h5-8,12-14,18-19,21,27H,4,9-11,26H2,1-3H3,(H,28,33)(H,29,34)(H,30,35)(H,31,32)(H,36,37). The van der Waals surface area contributed by atoms with Gasteiger partial charge in [0, 0.05) is 29.9 Å². The number of carbonyl (C=O) groups is 5. The molecule has 0 spiro atoms. The number of aromatic nitrogens is 1. The zero-order valence-corrected chi connectivity index (χ0v) is 21.1. The largest absolute Gasteiger partial charge is 0.481 e. The Balaban J connectivity index is 2.35. The van der Waals surface area contributed by atoms with Crippen molar-refractivity contribution < 1.29 is 34.2 Å². The van der Waals surface area contributed by atoms with E-state index < -0.39 is 60.2 Å². The Morgan fingerprint density at radius 1 is 0.946 bits per heavy atom. The maximum absolute atomic E-state index is 13.3. The lowest BCUT2D eigenvalue weighted by Crippen LogP contribution is -2.58. The second-order valence-corrected chi connectivity index (χ2v) is 9.12. The molecular weight excluding hydrogens is 482 g/mol. The number of para-hydroxylation sites is 1. The number of aromatic amines is 1. The van der Waals surface area contributed by atoms with Crippen molar-refractivity contribution in [3.05, 3.63) is 36.0 Å². The second-order valence-electron chi connectivity index (χ2n) is 9.12. The number of benzene rings is 1. The van der Waals surface area contributed by atoms with E-state index in [9.17, 15) is 29.1 Å². The van der Waals surface area contributed by atoms with Gasteiger partial charge in [-0.2, -0.15) is 0 Å². The van der Waals surface area contributed by atoms with Crippen LogP contribution in [0.15, 0.2) is 30.5 Å². The Morgan fingerprint density at radius 2 is 1.57 bits per heavy atom. The molecule has 1 heterocycles. The summed E-state index contributed by atoms with van der Waals surface area (Å²) in [6.07, 6.45) is 1.57. The molecule has 37 heavy (non-hydrogen) atoms. The first-order valence-corrected chi connectivity index (χ1v) is 12.1. The number of hydrogen-bond donors (Lipinski definition) is 7. The van der Waals surface area contributed by atoms with Crippen LogP contribution in [0.3, 0.4) is 0 Å². The zero-order chi connectivity index (χ0) is 27.7. The molecule has 0 aliphatic carbocycles. The summed E-state index contributed by atoms with van der Waals surface area (Å²) >= 11 is 0. The molecule has 5 atom stereocenters. The molecular formula is C25H35N5O7. The van der Waals surface area contributed by atoms with Crippen molar-refractivity contribution in [2.24, 2.45) is 11.7 Å². The van der Waals surface area contributed by atoms with Crippen molar-refractivity contribution in [2.45, 2.75) is 70.6 Å². The third-order valence-electron chi connectivity index (χ3n) is 6.20. The van der Waals surface area contributed by atoms with E-state index in [1.165, 1.54) is 6.92 Å². The van der Waals surface area contributed by atoms with Gasteiger partial charge in [0.15, 0.2) is 0 Å². The molecule has 1 aromatic heterocycles. The average Bonchev–Trinajstić information content (AvgIpc) is 3.26. The molecule has 0 aliphatic rings. The van der Waals surface area contributed by atoms with Gasteiger partial charge in [0.05, 0.1) is 6.04 Å². The van der Waals surface area contributed by atoms with Gasteiger partial charge < -0.3 is 36.9 Å². The molecule has 8 N–H and O–H groups in total. The highest BCUT2D eigenvalue weighted by atomic mass is 16.4. The predicted octanol–water partition coefficient (Wildman–Crippen LogP) is 0.508. The van der Waals surface area contributed by atoms with Gasteiger partial charge in [-0.1, -0.05) is 38.5 Å². The number of aliphatic carboxylic acids is 2. The van der Waals surface area contributed by atoms with Crippen LogP contribution in [0.5, 0.6) is 0 Å². The van der Waals surface area contributed by atoms with Crippen LogP contribution in [0.25, 0.3) is 10.9 Å². The van der Waals surface area contributed by atoms with Gasteiger partial charge >= 0.3 is 11.9 Å². The Bertz CT molecular complexity index is 1130. The average molecular weight is 518 g/mol. The molecule has 0 saturated carbocycles. The number of carbonyl (C=O) groups excluding carboxylic acids is 3. The van der Waals surface area contributed by atoms with Gasteiger partial charge in [0.25, 0.3) is 0 Å². The van der Waals surface area contributed by atoms with Crippen LogP contribution >= 0.6 is 0 Å². The summed E-state index contributed by atoms with van der Waals surface area (Å²) in [7, 11) is 0. The summed E-state index contributed by atoms with van der Waals surface area (Å²) in [4.78, 5) is 64.6. The van der Waals surface area contributed by atoms with E-state index in [2.05, 4.69) is 20.9 Å². The Labute approximate surface area is 214 Å². The number of fused-ring (bicyclic) bond motifs is 1. The number of hydrogen-bond acceptors (Lipinski definition) is 6. The number of rotatable bonds is 14. The normalized spacial score (nSPS) is 15.1. The minimum Gasteiger partial charge on any atom is -0.481 e. The molecule has 0 bridgehead atoms. The van der Waals surface area contributed by atoms with Crippen molar-refractivity contribution in [3.63, 3.8) is 0 Å². The van der Waals surface area contributed by atoms with Gasteiger partial charge in [-0.15, -0.1) is 0 Å². The minimum absolute atomic E-state index is 0.0152. The van der Waals surface area contributed by atoms with E-state index >= 15 is 0 Å². The minimum atomic E-state index is -1.27. The summed E-state index contributed by atoms with van der Waals surface area (Å²) in [5, 5.41) is 27.0. The molecule has 12 nitrogen and oxygen atoms in total. The molecule has 2 rings (SSSR count). The SMILES string of the molecule is CCC(C)C(NC(=O)C(Cc1c[nH]c2ccccc12)NC(=O)C(CCC(=O)O)NC(=O)C(C)N)C(=O)O. The summed E-state index contributed by atoms with van der Waals surface area (Å²) in [6, 6.07) is 2.75. The van der Waals surface area contributed by atoms with E-state index in [-0.39, 0.29) is 18.8 Å². The quantitative estimate of drug-likeness (QED) is 0.188. The van der Waals surface area contributed by atoms with Crippen LogP contribution in [0, 0.1) is 5.92 Å². The number of amides is 3. The fourth-order valence-electron chi connectivity index (χ4n) is 3.78. The van der Waals surface area contributed by atoms with Gasteiger partial charge in [0.1, 0.15) is 18.1 Å². The number of nitrogens with two attached hydrogens (primary N) is 1. The Hall–Kier alpha value is -3.93. The van der Waals surface area contributed by atoms with Crippen molar-refractivity contribution in [2.75, 3.05) is 0 Å². The maximum atomic E-state index is 13.3. The molecule has 0 fully saturated rings. The first kappa shape index (κ1) is 29.3. The van der Waals surface area contributed by atoms with Crippen LogP contribution in [0.2, 0.25) is 0 Å². The third-order valence-corrected chi connectivity index (χ3v) is 6.20. The van der Waals surface area contributed by atoms with Crippen molar-refractivity contribution in [1.29, 1.82) is 0 Å². The summed E-state index contributed by atoms with van der Waals surface area (Å²) < 4.78 is 0. The number of carboxylic acids is 2. The van der Waals surface area contributed by atoms with Crippen LogP contribution in [0.4, 0.5) is 0 Å². The molecule has 0 radical (unpaired) electrons. The van der Waals surface area contributed by atoms with Crippen LogP contribution in [0.1, 0.15) is 45.6 Å². The molecule has 0 saturated heterocycles. The molecule has 202 valence electrons. The number of nitrogens with one attached hydrogen (secondary N) is 4. The summed E-state index contributed by atoms with van der Waals surface area (Å²) in [6.45, 7) is 4.90. The van der Waals surface area contributed by atoms with Crippen molar-refractivity contribution in [3.8, 4) is 0 Å². The fourth-order valence-corrected chi connectivity index (χ4v) is 3.78. The summed E-state index contributed by atoms with van der Waals surface area (Å²) in [5.41, 5.74) is 7.09. The van der Waals surface area contributed by atoms with Gasteiger partial charge in [-0.05, 0) is 30.9 Å². The second kappa shape index (κ2) is 13.4. The molecule has 0 aliphatic heterocycles. The fraction of sp³-hybridized carbons (Fsp3) is 0.480. The third kappa shape index (κ3) is 8.31. The molecule has 5 unspecified atom stereocenters. The topological polar surface area (TPSA) is 204 Å². The molecule has 12 heteroatoms. The lowest BCUT2D eigenvalue weighted by Gasteiger charge is -2.26. The number of H-pyrrole nitrogens is 1. The highest BCUT2D eigenvalue weighted by Gasteiger charge is 2.32. The lowest BCUT2D eigenvalue weighted by atomic mass is 9.97. The smallest absolute Gasteiger partial charge is 0.326 e. The van der Waals surface area contributed by atoms with Crippen molar-refractivity contribution >= 4 is 40.6 Å². The monoisotopic (exact) mass is 517 g/mol. The molecule has 1 aromatic carbocycles. The zero-order valence-electron chi connectivity index (χ0n) is 21.1. The highest BCUT2D eigenvalue weighted by Crippen LogP contribution is 2.20. The van der Waals surface area contributed by atoms with Crippen LogP contribution in [-0.2, 0) is 30.4 Å².